The molecule has 0 unspecified atom stereocenters. The Labute approximate surface area is 236 Å². The Morgan fingerprint density at radius 3 is 2.10 bits per heavy atom. The van der Waals surface area contributed by atoms with Gasteiger partial charge in [0.1, 0.15) is 0 Å². The van der Waals surface area contributed by atoms with Crippen molar-refractivity contribution < 1.29 is 23.9 Å². The molecule has 4 aromatic rings. The van der Waals surface area contributed by atoms with Gasteiger partial charge in [-0.3, -0.25) is 9.59 Å². The van der Waals surface area contributed by atoms with Crippen LogP contribution in [0.25, 0.3) is 0 Å². The number of ether oxygens (including phenoxy) is 2. The zero-order valence-corrected chi connectivity index (χ0v) is 22.3. The number of methoxy groups -OCH3 is 1. The number of rotatable bonds is 10. The summed E-state index contributed by atoms with van der Waals surface area (Å²) in [5.74, 6) is -1.50. The van der Waals surface area contributed by atoms with Gasteiger partial charge < -0.3 is 14.8 Å². The molecule has 8 nitrogen and oxygen atoms in total. The van der Waals surface area contributed by atoms with Gasteiger partial charge in [0.05, 0.1) is 36.4 Å². The topological polar surface area (TPSA) is 106 Å². The van der Waals surface area contributed by atoms with Crippen LogP contribution in [0.1, 0.15) is 33.0 Å². The third-order valence-electron chi connectivity index (χ3n) is 5.84. The van der Waals surface area contributed by atoms with E-state index in [2.05, 4.69) is 15.8 Å². The van der Waals surface area contributed by atoms with Crippen molar-refractivity contribution in [2.75, 3.05) is 13.7 Å². The average Bonchev–Trinajstić information content (AvgIpc) is 2.98. The maximum Gasteiger partial charge on any atom is 0.345 e. The maximum absolute atomic E-state index is 13.0. The monoisotopic (exact) mass is 555 g/mol. The number of hydrogen-bond donors (Lipinski definition) is 2. The molecule has 0 radical (unpaired) electrons. The van der Waals surface area contributed by atoms with Gasteiger partial charge in [0.15, 0.2) is 11.5 Å². The number of hydrazone groups is 1. The van der Waals surface area contributed by atoms with E-state index >= 15 is 0 Å². The van der Waals surface area contributed by atoms with Gasteiger partial charge >= 0.3 is 5.97 Å². The fourth-order valence-electron chi connectivity index (χ4n) is 3.90. The summed E-state index contributed by atoms with van der Waals surface area (Å²) in [5.41, 5.74) is 4.83. The number of esters is 1. The highest BCUT2D eigenvalue weighted by Gasteiger charge is 2.22. The molecule has 9 heteroatoms. The Bertz CT molecular complexity index is 1470. The van der Waals surface area contributed by atoms with Gasteiger partial charge in [0.2, 0.25) is 5.91 Å². The average molecular weight is 556 g/mol. The van der Waals surface area contributed by atoms with Crippen molar-refractivity contribution in [2.24, 2.45) is 5.10 Å². The van der Waals surface area contributed by atoms with Crippen LogP contribution >= 0.6 is 11.6 Å². The lowest BCUT2D eigenvalue weighted by molar-refractivity contribution is -0.126. The lowest BCUT2D eigenvalue weighted by Gasteiger charge is -2.17. The lowest BCUT2D eigenvalue weighted by atomic mass is 9.90. The summed E-state index contributed by atoms with van der Waals surface area (Å²) in [4.78, 5) is 37.9. The van der Waals surface area contributed by atoms with E-state index < -0.39 is 17.8 Å². The summed E-state index contributed by atoms with van der Waals surface area (Å²) in [6.07, 6.45) is 1.40. The number of nitrogens with zero attached hydrogens (tertiary/aromatic N) is 1. The number of nitrogens with one attached hydrogen (secondary N) is 2. The number of carbonyl (C=O) groups is 3. The molecule has 40 heavy (non-hydrogen) atoms. The molecule has 0 aliphatic rings. The minimum Gasteiger partial charge on any atom is -0.493 e. The Morgan fingerprint density at radius 2 is 1.48 bits per heavy atom. The van der Waals surface area contributed by atoms with Gasteiger partial charge in [-0.05, 0) is 47.0 Å². The van der Waals surface area contributed by atoms with E-state index in [4.69, 9.17) is 21.1 Å². The van der Waals surface area contributed by atoms with E-state index in [-0.39, 0.29) is 34.5 Å². The summed E-state index contributed by atoms with van der Waals surface area (Å²) in [6, 6.07) is 30.1. The Hall–Kier alpha value is -4.95. The van der Waals surface area contributed by atoms with Gasteiger partial charge in [0.25, 0.3) is 5.91 Å². The molecule has 4 aromatic carbocycles. The van der Waals surface area contributed by atoms with Gasteiger partial charge in [0, 0.05) is 0 Å². The quantitative estimate of drug-likeness (QED) is 0.124. The molecule has 0 atom stereocenters. The van der Waals surface area contributed by atoms with Gasteiger partial charge in [-0.25, -0.2) is 10.2 Å². The molecule has 0 aliphatic carbocycles. The van der Waals surface area contributed by atoms with Crippen molar-refractivity contribution in [3.05, 3.63) is 130 Å². The summed E-state index contributed by atoms with van der Waals surface area (Å²) in [7, 11) is 1.44. The second-order valence-electron chi connectivity index (χ2n) is 8.55. The van der Waals surface area contributed by atoms with Crippen molar-refractivity contribution in [3.8, 4) is 11.5 Å². The second kappa shape index (κ2) is 13.7. The van der Waals surface area contributed by atoms with Crippen molar-refractivity contribution in [1.29, 1.82) is 0 Å². The van der Waals surface area contributed by atoms with E-state index in [0.717, 1.165) is 11.1 Å². The van der Waals surface area contributed by atoms with E-state index in [9.17, 15) is 14.4 Å². The van der Waals surface area contributed by atoms with Crippen LogP contribution in [-0.4, -0.2) is 37.7 Å². The molecule has 0 heterocycles. The predicted octanol–water partition coefficient (Wildman–Crippen LogP) is 4.97. The largest absolute Gasteiger partial charge is 0.493 e. The van der Waals surface area contributed by atoms with Crippen molar-refractivity contribution >= 4 is 35.6 Å². The molecule has 4 rings (SSSR count). The molecule has 0 aromatic heterocycles. The fraction of sp³-hybridized carbons (Fsp3) is 0.0968. The van der Waals surface area contributed by atoms with Gasteiger partial charge in [-0.15, -0.1) is 0 Å². The number of halogens is 1. The zero-order chi connectivity index (χ0) is 28.3. The van der Waals surface area contributed by atoms with Crippen LogP contribution in [0.4, 0.5) is 0 Å². The third-order valence-corrected chi connectivity index (χ3v) is 6.17. The highest BCUT2D eigenvalue weighted by molar-refractivity contribution is 6.33. The smallest absolute Gasteiger partial charge is 0.345 e. The minimum atomic E-state index is -0.624. The van der Waals surface area contributed by atoms with Crippen LogP contribution in [0, 0.1) is 0 Å². The molecule has 0 aliphatic heterocycles. The van der Waals surface area contributed by atoms with Crippen LogP contribution < -0.4 is 20.2 Å². The molecule has 0 saturated heterocycles. The first-order valence-electron chi connectivity index (χ1n) is 12.3. The van der Waals surface area contributed by atoms with Gasteiger partial charge in [-0.1, -0.05) is 84.4 Å². The van der Waals surface area contributed by atoms with Crippen LogP contribution in [0.2, 0.25) is 5.02 Å². The number of benzene rings is 4. The first-order chi connectivity index (χ1) is 19.5. The third kappa shape index (κ3) is 7.33. The highest BCUT2D eigenvalue weighted by atomic mass is 35.5. The summed E-state index contributed by atoms with van der Waals surface area (Å²) >= 11 is 6.07. The molecular weight excluding hydrogens is 530 g/mol. The Balaban J connectivity index is 1.34. The van der Waals surface area contributed by atoms with Crippen molar-refractivity contribution in [3.63, 3.8) is 0 Å². The van der Waals surface area contributed by atoms with E-state index in [0.29, 0.717) is 5.56 Å². The van der Waals surface area contributed by atoms with Crippen LogP contribution in [-0.2, 0) is 9.59 Å². The second-order valence-corrected chi connectivity index (χ2v) is 8.95. The summed E-state index contributed by atoms with van der Waals surface area (Å²) < 4.78 is 10.8. The fourth-order valence-corrected chi connectivity index (χ4v) is 4.12. The van der Waals surface area contributed by atoms with Crippen molar-refractivity contribution in [2.45, 2.75) is 5.92 Å². The first kappa shape index (κ1) is 28.1. The molecule has 0 saturated carbocycles. The van der Waals surface area contributed by atoms with Crippen LogP contribution in [0.15, 0.2) is 108 Å². The van der Waals surface area contributed by atoms with E-state index in [1.165, 1.54) is 13.3 Å². The standard InChI is InChI=1S/C31H26ClN3O5/c1-39-27-18-21(16-17-26(27)40-31(38)24-14-8-9-15-25(24)32)19-34-35-28(36)20-33-30(37)29(22-10-4-2-5-11-22)23-12-6-3-7-13-23/h2-19,29H,20H2,1H3,(H,33,37)(H,35,36)/b34-19-. The summed E-state index contributed by atoms with van der Waals surface area (Å²) in [5, 5.41) is 6.91. The highest BCUT2D eigenvalue weighted by Crippen LogP contribution is 2.29. The first-order valence-corrected chi connectivity index (χ1v) is 12.7. The molecule has 2 N–H and O–H groups in total. The van der Waals surface area contributed by atoms with Gasteiger partial charge in [-0.2, -0.15) is 5.10 Å². The molecule has 0 fully saturated rings. The lowest BCUT2D eigenvalue weighted by Crippen LogP contribution is -2.37. The minimum absolute atomic E-state index is 0.197. The Morgan fingerprint density at radius 1 is 0.850 bits per heavy atom. The van der Waals surface area contributed by atoms with Crippen LogP contribution in [0.3, 0.4) is 0 Å². The molecular formula is C31H26ClN3O5. The predicted molar refractivity (Wildman–Crippen MR) is 153 cm³/mol. The van der Waals surface area contributed by atoms with Crippen molar-refractivity contribution in [1.82, 2.24) is 10.7 Å². The summed E-state index contributed by atoms with van der Waals surface area (Å²) in [6.45, 7) is -0.257. The number of carbonyl (C=O) groups excluding carboxylic acids is 3. The van der Waals surface area contributed by atoms with Crippen LogP contribution in [0.5, 0.6) is 11.5 Å². The van der Waals surface area contributed by atoms with E-state index in [1.807, 2.05) is 60.7 Å². The number of amides is 2. The molecule has 2 amide bonds. The molecule has 0 bridgehead atoms. The molecule has 0 spiro atoms. The normalized spacial score (nSPS) is 10.8. The maximum atomic E-state index is 13.0. The Kier molecular flexibility index (Phi) is 9.63. The zero-order valence-electron chi connectivity index (χ0n) is 21.5. The number of hydrogen-bond acceptors (Lipinski definition) is 6. The van der Waals surface area contributed by atoms with E-state index in [1.54, 1.807) is 42.5 Å². The SMILES string of the molecule is COc1cc(/C=N\NC(=O)CNC(=O)C(c2ccccc2)c2ccccc2)ccc1OC(=O)c1ccccc1Cl. The molecule has 202 valence electrons.